The van der Waals surface area contributed by atoms with Crippen molar-refractivity contribution in [2.24, 2.45) is 0 Å². The van der Waals surface area contributed by atoms with Crippen molar-refractivity contribution in [1.29, 1.82) is 0 Å². The molecular weight excluding hydrogens is 289 g/mol. The molecule has 1 aromatic rings. The number of ether oxygens (including phenoxy) is 1. The number of benzene rings is 1. The molecule has 0 bridgehead atoms. The van der Waals surface area contributed by atoms with E-state index >= 15 is 0 Å². The van der Waals surface area contributed by atoms with Crippen molar-refractivity contribution in [3.63, 3.8) is 0 Å². The Morgan fingerprint density at radius 2 is 1.89 bits per heavy atom. The molecule has 0 aliphatic carbocycles. The summed E-state index contributed by atoms with van der Waals surface area (Å²) in [6.07, 6.45) is 0.802. The van der Waals surface area contributed by atoms with Gasteiger partial charge in [-0.15, -0.1) is 0 Å². The first-order valence-electron chi connectivity index (χ1n) is 5.86. The normalized spacial score (nSPS) is 11.8. The van der Waals surface area contributed by atoms with Gasteiger partial charge in [0.15, 0.2) is 6.61 Å². The molecule has 1 rings (SSSR count). The lowest BCUT2D eigenvalue weighted by Crippen LogP contribution is -2.35. The van der Waals surface area contributed by atoms with Crippen molar-refractivity contribution < 1.29 is 14.3 Å². The number of carbonyl (C=O) groups is 2. The zero-order valence-corrected chi connectivity index (χ0v) is 12.2. The molecule has 0 aromatic heterocycles. The van der Waals surface area contributed by atoms with Crippen molar-refractivity contribution in [1.82, 2.24) is 5.32 Å². The molecule has 0 aliphatic heterocycles. The summed E-state index contributed by atoms with van der Waals surface area (Å²) in [5.74, 6) is -1.07. The molecule has 0 radical (unpaired) electrons. The maximum absolute atomic E-state index is 11.8. The zero-order chi connectivity index (χ0) is 14.4. The summed E-state index contributed by atoms with van der Waals surface area (Å²) in [5, 5.41) is 3.07. The van der Waals surface area contributed by atoms with E-state index in [1.54, 1.807) is 6.07 Å². The number of esters is 1. The van der Waals surface area contributed by atoms with Crippen LogP contribution >= 0.6 is 23.2 Å². The van der Waals surface area contributed by atoms with Gasteiger partial charge in [-0.3, -0.25) is 4.79 Å². The first-order chi connectivity index (χ1) is 8.95. The molecule has 0 saturated heterocycles. The van der Waals surface area contributed by atoms with Gasteiger partial charge in [0.25, 0.3) is 5.91 Å². The van der Waals surface area contributed by atoms with Crippen molar-refractivity contribution in [2.45, 2.75) is 26.3 Å². The average Bonchev–Trinajstić information content (AvgIpc) is 2.36. The van der Waals surface area contributed by atoms with E-state index in [0.717, 1.165) is 6.42 Å². The second-order valence-electron chi connectivity index (χ2n) is 4.05. The molecule has 1 aromatic carbocycles. The first-order valence-corrected chi connectivity index (χ1v) is 6.61. The SMILES string of the molecule is CC[C@@H](C)NC(=O)COC(=O)c1c(Cl)cccc1Cl. The van der Waals surface area contributed by atoms with Crippen LogP contribution in [0.25, 0.3) is 0 Å². The molecule has 0 heterocycles. The highest BCUT2D eigenvalue weighted by Gasteiger charge is 2.17. The second-order valence-corrected chi connectivity index (χ2v) is 4.86. The lowest BCUT2D eigenvalue weighted by atomic mass is 10.2. The molecule has 104 valence electrons. The minimum atomic E-state index is -0.713. The smallest absolute Gasteiger partial charge is 0.341 e. The summed E-state index contributed by atoms with van der Waals surface area (Å²) in [7, 11) is 0. The summed E-state index contributed by atoms with van der Waals surface area (Å²) >= 11 is 11.7. The minimum absolute atomic E-state index is 0.0371. The largest absolute Gasteiger partial charge is 0.452 e. The summed E-state index contributed by atoms with van der Waals surface area (Å²) in [6, 6.07) is 4.72. The topological polar surface area (TPSA) is 55.4 Å². The molecule has 0 aliphatic rings. The summed E-state index contributed by atoms with van der Waals surface area (Å²) in [6.45, 7) is 3.45. The number of carbonyl (C=O) groups excluding carboxylic acids is 2. The third-order valence-corrected chi connectivity index (χ3v) is 3.15. The van der Waals surface area contributed by atoms with Crippen LogP contribution in [-0.2, 0) is 9.53 Å². The first kappa shape index (κ1) is 15.8. The zero-order valence-electron chi connectivity index (χ0n) is 10.7. The van der Waals surface area contributed by atoms with E-state index in [4.69, 9.17) is 27.9 Å². The van der Waals surface area contributed by atoms with Gasteiger partial charge in [-0.2, -0.15) is 0 Å². The summed E-state index contributed by atoms with van der Waals surface area (Å²) < 4.78 is 4.88. The van der Waals surface area contributed by atoms with E-state index in [-0.39, 0.29) is 34.2 Å². The van der Waals surface area contributed by atoms with Gasteiger partial charge < -0.3 is 10.1 Å². The van der Waals surface area contributed by atoms with E-state index in [1.807, 2.05) is 13.8 Å². The highest BCUT2D eigenvalue weighted by atomic mass is 35.5. The fraction of sp³-hybridized carbons (Fsp3) is 0.385. The van der Waals surface area contributed by atoms with Gasteiger partial charge in [-0.25, -0.2) is 4.79 Å². The highest BCUT2D eigenvalue weighted by molar-refractivity contribution is 6.39. The quantitative estimate of drug-likeness (QED) is 0.851. The predicted molar refractivity (Wildman–Crippen MR) is 74.6 cm³/mol. The van der Waals surface area contributed by atoms with Gasteiger partial charge >= 0.3 is 5.97 Å². The van der Waals surface area contributed by atoms with Gasteiger partial charge in [0, 0.05) is 6.04 Å². The van der Waals surface area contributed by atoms with Gasteiger partial charge in [0.2, 0.25) is 0 Å². The van der Waals surface area contributed by atoms with Crippen LogP contribution in [-0.4, -0.2) is 24.5 Å². The molecule has 19 heavy (non-hydrogen) atoms. The molecule has 6 heteroatoms. The van der Waals surface area contributed by atoms with E-state index in [1.165, 1.54) is 12.1 Å². The number of rotatable bonds is 5. The molecule has 4 nitrogen and oxygen atoms in total. The molecule has 0 spiro atoms. The van der Waals surface area contributed by atoms with Crippen LogP contribution in [0.3, 0.4) is 0 Å². The van der Waals surface area contributed by atoms with Crippen molar-refractivity contribution >= 4 is 35.1 Å². The van der Waals surface area contributed by atoms with Crippen LogP contribution in [0.2, 0.25) is 10.0 Å². The molecule has 0 fully saturated rings. The number of hydrogen-bond acceptors (Lipinski definition) is 3. The Labute approximate surface area is 122 Å². The van der Waals surface area contributed by atoms with Crippen LogP contribution < -0.4 is 5.32 Å². The number of nitrogens with one attached hydrogen (secondary N) is 1. The van der Waals surface area contributed by atoms with E-state index in [9.17, 15) is 9.59 Å². The Morgan fingerprint density at radius 3 is 2.42 bits per heavy atom. The van der Waals surface area contributed by atoms with Crippen molar-refractivity contribution in [3.05, 3.63) is 33.8 Å². The molecule has 1 atom stereocenters. The lowest BCUT2D eigenvalue weighted by molar-refractivity contribution is -0.124. The third kappa shape index (κ3) is 4.73. The number of hydrogen-bond donors (Lipinski definition) is 1. The van der Waals surface area contributed by atoms with Gasteiger partial charge in [0.1, 0.15) is 0 Å². The fourth-order valence-electron chi connectivity index (χ4n) is 1.31. The minimum Gasteiger partial charge on any atom is -0.452 e. The molecule has 1 N–H and O–H groups in total. The Bertz CT molecular complexity index is 457. The van der Waals surface area contributed by atoms with Gasteiger partial charge in [-0.1, -0.05) is 36.2 Å². The maximum Gasteiger partial charge on any atom is 0.341 e. The molecule has 0 unspecified atom stereocenters. The average molecular weight is 304 g/mol. The van der Waals surface area contributed by atoms with Crippen LogP contribution in [0.15, 0.2) is 18.2 Å². The standard InChI is InChI=1S/C13H15Cl2NO3/c1-3-8(2)16-11(17)7-19-13(18)12-9(14)5-4-6-10(12)15/h4-6,8H,3,7H2,1-2H3,(H,16,17)/t8-/m1/s1. The monoisotopic (exact) mass is 303 g/mol. The summed E-state index contributed by atoms with van der Waals surface area (Å²) in [5.41, 5.74) is 0.0715. The summed E-state index contributed by atoms with van der Waals surface area (Å²) in [4.78, 5) is 23.2. The Hall–Kier alpha value is -1.26. The third-order valence-electron chi connectivity index (χ3n) is 2.52. The van der Waals surface area contributed by atoms with Crippen LogP contribution in [0.4, 0.5) is 0 Å². The second kappa shape index (κ2) is 7.36. The predicted octanol–water partition coefficient (Wildman–Crippen LogP) is 3.06. The van der Waals surface area contributed by atoms with Crippen molar-refractivity contribution in [3.8, 4) is 0 Å². The molecule has 1 amide bonds. The van der Waals surface area contributed by atoms with E-state index < -0.39 is 5.97 Å². The van der Waals surface area contributed by atoms with Crippen molar-refractivity contribution in [2.75, 3.05) is 6.61 Å². The Kier molecular flexibility index (Phi) is 6.12. The number of amides is 1. The van der Waals surface area contributed by atoms with E-state index in [0.29, 0.717) is 0 Å². The van der Waals surface area contributed by atoms with Gasteiger partial charge in [-0.05, 0) is 25.5 Å². The molecular formula is C13H15Cl2NO3. The van der Waals surface area contributed by atoms with Crippen LogP contribution in [0, 0.1) is 0 Å². The van der Waals surface area contributed by atoms with E-state index in [2.05, 4.69) is 5.32 Å². The molecule has 0 saturated carbocycles. The van der Waals surface area contributed by atoms with Crippen LogP contribution in [0.1, 0.15) is 30.6 Å². The highest BCUT2D eigenvalue weighted by Crippen LogP contribution is 2.24. The number of halogens is 2. The maximum atomic E-state index is 11.8. The fourth-order valence-corrected chi connectivity index (χ4v) is 1.87. The Balaban J connectivity index is 2.59. The van der Waals surface area contributed by atoms with Crippen LogP contribution in [0.5, 0.6) is 0 Å². The van der Waals surface area contributed by atoms with Gasteiger partial charge in [0.05, 0.1) is 15.6 Å². The lowest BCUT2D eigenvalue weighted by Gasteiger charge is -2.12. The Morgan fingerprint density at radius 1 is 1.32 bits per heavy atom.